The highest BCUT2D eigenvalue weighted by Crippen LogP contribution is 2.15. The van der Waals surface area contributed by atoms with Gasteiger partial charge < -0.3 is 9.73 Å². The van der Waals surface area contributed by atoms with Crippen molar-refractivity contribution in [3.63, 3.8) is 0 Å². The molecule has 0 aromatic carbocycles. The summed E-state index contributed by atoms with van der Waals surface area (Å²) in [6, 6.07) is 0.654. The number of amides is 1. The quantitative estimate of drug-likeness (QED) is 0.804. The Balaban J connectivity index is 1.81. The summed E-state index contributed by atoms with van der Waals surface area (Å²) in [4.78, 5) is 13.9. The number of likely N-dealkylation sites (tertiary alicyclic amines) is 1. The Labute approximate surface area is 112 Å². The second-order valence-corrected chi connectivity index (χ2v) is 5.16. The maximum Gasteiger partial charge on any atom is 0.322 e. The molecule has 1 aromatic heterocycles. The number of likely N-dealkylation sites (N-methyl/N-ethyl adjacent to an activating group) is 1. The van der Waals surface area contributed by atoms with Crippen LogP contribution in [0.5, 0.6) is 0 Å². The second-order valence-electron chi connectivity index (χ2n) is 5.16. The first-order chi connectivity index (χ1) is 9.08. The lowest BCUT2D eigenvalue weighted by molar-refractivity contribution is -0.117. The van der Waals surface area contributed by atoms with Crippen LogP contribution in [-0.4, -0.2) is 53.7 Å². The van der Waals surface area contributed by atoms with Gasteiger partial charge in [-0.05, 0) is 13.5 Å². The van der Waals surface area contributed by atoms with Gasteiger partial charge in [-0.25, -0.2) is 0 Å². The summed E-state index contributed by atoms with van der Waals surface area (Å²) in [6.07, 6.45) is 1.07. The number of nitrogens with one attached hydrogen (secondary N) is 2. The molecule has 2 rings (SSSR count). The molecule has 1 saturated heterocycles. The molecule has 7 nitrogen and oxygen atoms in total. The fourth-order valence-corrected chi connectivity index (χ4v) is 2.09. The Morgan fingerprint density at radius 3 is 2.89 bits per heavy atom. The van der Waals surface area contributed by atoms with E-state index in [0.717, 1.165) is 19.5 Å². The number of carbonyl (C=O) groups excluding carboxylic acids is 1. The van der Waals surface area contributed by atoms with Gasteiger partial charge in [0.25, 0.3) is 0 Å². The van der Waals surface area contributed by atoms with E-state index in [9.17, 15) is 4.79 Å². The molecule has 0 saturated carbocycles. The topological polar surface area (TPSA) is 83.3 Å². The first kappa shape index (κ1) is 14.0. The van der Waals surface area contributed by atoms with E-state index in [1.54, 1.807) is 0 Å². The molecule has 1 aliphatic heterocycles. The van der Waals surface area contributed by atoms with Crippen molar-refractivity contribution in [2.45, 2.75) is 32.2 Å². The number of rotatable bonds is 5. The van der Waals surface area contributed by atoms with Crippen LogP contribution < -0.4 is 10.6 Å². The van der Waals surface area contributed by atoms with E-state index in [4.69, 9.17) is 4.42 Å². The molecule has 1 aliphatic rings. The molecule has 1 aromatic rings. The minimum Gasteiger partial charge on any atom is -0.408 e. The first-order valence-electron chi connectivity index (χ1n) is 6.61. The summed E-state index contributed by atoms with van der Waals surface area (Å²) < 4.78 is 5.34. The second kappa shape index (κ2) is 6.12. The van der Waals surface area contributed by atoms with Gasteiger partial charge in [0.15, 0.2) is 0 Å². The number of nitrogens with zero attached hydrogens (tertiary/aromatic N) is 3. The van der Waals surface area contributed by atoms with Crippen molar-refractivity contribution in [1.82, 2.24) is 20.4 Å². The minimum atomic E-state index is -0.115. The summed E-state index contributed by atoms with van der Waals surface area (Å²) >= 11 is 0. The van der Waals surface area contributed by atoms with Crippen LogP contribution in [0.3, 0.4) is 0 Å². The molecule has 106 valence electrons. The fourth-order valence-electron chi connectivity index (χ4n) is 2.09. The van der Waals surface area contributed by atoms with Gasteiger partial charge in [0, 0.05) is 25.0 Å². The first-order valence-corrected chi connectivity index (χ1v) is 6.61. The third kappa shape index (κ3) is 3.74. The molecule has 0 bridgehead atoms. The number of hydrogen-bond donors (Lipinski definition) is 2. The van der Waals surface area contributed by atoms with E-state index in [2.05, 4.69) is 25.7 Å². The number of aromatic nitrogens is 2. The average molecular weight is 267 g/mol. The molecular formula is C12H21N5O2. The molecule has 1 atom stereocenters. The van der Waals surface area contributed by atoms with Gasteiger partial charge in [0.05, 0.1) is 6.54 Å². The molecule has 19 heavy (non-hydrogen) atoms. The Morgan fingerprint density at radius 1 is 1.53 bits per heavy atom. The number of hydrogen-bond acceptors (Lipinski definition) is 6. The van der Waals surface area contributed by atoms with Crippen molar-refractivity contribution in [2.24, 2.45) is 0 Å². The summed E-state index contributed by atoms with van der Waals surface area (Å²) in [6.45, 7) is 6.10. The van der Waals surface area contributed by atoms with Crippen LogP contribution in [0.15, 0.2) is 4.42 Å². The Hall–Kier alpha value is -1.47. The molecule has 2 heterocycles. The van der Waals surface area contributed by atoms with Crippen LogP contribution >= 0.6 is 0 Å². The molecule has 1 amide bonds. The van der Waals surface area contributed by atoms with Crippen molar-refractivity contribution in [2.75, 3.05) is 32.0 Å². The van der Waals surface area contributed by atoms with Crippen LogP contribution in [0, 0.1) is 0 Å². The van der Waals surface area contributed by atoms with E-state index in [0.29, 0.717) is 18.5 Å². The van der Waals surface area contributed by atoms with Crippen LogP contribution in [0.25, 0.3) is 0 Å². The fraction of sp³-hybridized carbons (Fsp3) is 0.750. The highest BCUT2D eigenvalue weighted by Gasteiger charge is 2.23. The van der Waals surface area contributed by atoms with Crippen LogP contribution in [0.4, 0.5) is 6.01 Å². The molecule has 1 fully saturated rings. The Morgan fingerprint density at radius 2 is 2.32 bits per heavy atom. The standard InChI is InChI=1S/C12H21N5O2/c1-8(2)11-15-16-12(19-11)14-10(18)7-17-5-4-9(6-17)13-3/h8-9,13H,4-7H2,1-3H3,(H,14,16,18). The van der Waals surface area contributed by atoms with Gasteiger partial charge in [0.1, 0.15) is 0 Å². The predicted octanol–water partition coefficient (Wildman–Crippen LogP) is 0.425. The number of carbonyl (C=O) groups is 1. The Bertz CT molecular complexity index is 432. The molecule has 0 spiro atoms. The zero-order valence-corrected chi connectivity index (χ0v) is 11.6. The third-order valence-electron chi connectivity index (χ3n) is 3.23. The maximum atomic E-state index is 11.8. The van der Waals surface area contributed by atoms with Crippen LogP contribution in [0.2, 0.25) is 0 Å². The zero-order chi connectivity index (χ0) is 13.8. The largest absolute Gasteiger partial charge is 0.408 e. The smallest absolute Gasteiger partial charge is 0.322 e. The zero-order valence-electron chi connectivity index (χ0n) is 11.6. The summed E-state index contributed by atoms with van der Waals surface area (Å²) in [7, 11) is 1.94. The summed E-state index contributed by atoms with van der Waals surface area (Å²) in [5, 5.41) is 13.5. The minimum absolute atomic E-state index is 0.115. The lowest BCUT2D eigenvalue weighted by Gasteiger charge is -2.14. The van der Waals surface area contributed by atoms with Crippen molar-refractivity contribution in [3.05, 3.63) is 5.89 Å². The van der Waals surface area contributed by atoms with E-state index < -0.39 is 0 Å². The normalized spacial score (nSPS) is 20.1. The Kier molecular flexibility index (Phi) is 4.49. The lowest BCUT2D eigenvalue weighted by atomic mass is 10.2. The van der Waals surface area contributed by atoms with Gasteiger partial charge in [-0.1, -0.05) is 18.9 Å². The SMILES string of the molecule is CNC1CCN(CC(=O)Nc2nnc(C(C)C)o2)C1. The molecule has 7 heteroatoms. The van der Waals surface area contributed by atoms with E-state index >= 15 is 0 Å². The summed E-state index contributed by atoms with van der Waals surface area (Å²) in [5.74, 6) is 0.579. The van der Waals surface area contributed by atoms with E-state index in [1.165, 1.54) is 0 Å². The van der Waals surface area contributed by atoms with Crippen LogP contribution in [0.1, 0.15) is 32.1 Å². The van der Waals surface area contributed by atoms with Gasteiger partial charge >= 0.3 is 6.01 Å². The highest BCUT2D eigenvalue weighted by atomic mass is 16.4. The predicted molar refractivity (Wildman–Crippen MR) is 70.9 cm³/mol. The highest BCUT2D eigenvalue weighted by molar-refractivity contribution is 5.90. The lowest BCUT2D eigenvalue weighted by Crippen LogP contribution is -2.34. The average Bonchev–Trinajstić information content (AvgIpc) is 2.98. The van der Waals surface area contributed by atoms with Gasteiger partial charge in [-0.2, -0.15) is 0 Å². The molecular weight excluding hydrogens is 246 g/mol. The molecule has 1 unspecified atom stereocenters. The van der Waals surface area contributed by atoms with E-state index in [1.807, 2.05) is 20.9 Å². The van der Waals surface area contributed by atoms with Crippen molar-refractivity contribution < 1.29 is 9.21 Å². The van der Waals surface area contributed by atoms with Crippen molar-refractivity contribution >= 4 is 11.9 Å². The third-order valence-corrected chi connectivity index (χ3v) is 3.23. The van der Waals surface area contributed by atoms with Crippen LogP contribution in [-0.2, 0) is 4.79 Å². The van der Waals surface area contributed by atoms with Gasteiger partial charge in [0.2, 0.25) is 11.8 Å². The maximum absolute atomic E-state index is 11.8. The number of anilines is 1. The summed E-state index contributed by atoms with van der Waals surface area (Å²) in [5.41, 5.74) is 0. The monoisotopic (exact) mass is 267 g/mol. The van der Waals surface area contributed by atoms with Crippen molar-refractivity contribution in [3.8, 4) is 0 Å². The van der Waals surface area contributed by atoms with Gasteiger partial charge in [-0.15, -0.1) is 5.10 Å². The molecule has 2 N–H and O–H groups in total. The van der Waals surface area contributed by atoms with Crippen molar-refractivity contribution in [1.29, 1.82) is 0 Å². The molecule has 0 radical (unpaired) electrons. The van der Waals surface area contributed by atoms with Gasteiger partial charge in [-0.3, -0.25) is 15.0 Å². The molecule has 0 aliphatic carbocycles. The van der Waals surface area contributed by atoms with E-state index in [-0.39, 0.29) is 17.8 Å².